The van der Waals surface area contributed by atoms with E-state index in [9.17, 15) is 0 Å². The van der Waals surface area contributed by atoms with Crippen molar-refractivity contribution in [2.24, 2.45) is 0 Å². The summed E-state index contributed by atoms with van der Waals surface area (Å²) >= 11 is 0. The second kappa shape index (κ2) is 17.2. The van der Waals surface area contributed by atoms with E-state index in [1.807, 2.05) is 0 Å². The molecule has 0 aliphatic heterocycles. The minimum absolute atomic E-state index is 0. The van der Waals surface area contributed by atoms with E-state index in [0.717, 1.165) is 0 Å². The van der Waals surface area contributed by atoms with E-state index < -0.39 is 0 Å². The monoisotopic (exact) mass is 473 g/mol. The van der Waals surface area contributed by atoms with Gasteiger partial charge in [0, 0.05) is 84.5 Å². The third-order valence-electron chi connectivity index (χ3n) is 0. The molecule has 0 aliphatic rings. The van der Waals surface area contributed by atoms with Gasteiger partial charge in [-0.3, -0.25) is 0 Å². The van der Waals surface area contributed by atoms with Crippen LogP contribution in [-0.4, -0.2) is 0 Å². The third kappa shape index (κ3) is 8.83. The Morgan fingerprint density at radius 3 is 1.00 bits per heavy atom. The predicted molar refractivity (Wildman–Crippen MR) is 0 cm³/mol. The van der Waals surface area contributed by atoms with Gasteiger partial charge in [0.2, 0.25) is 0 Å². The van der Waals surface area contributed by atoms with Crippen LogP contribution < -0.4 is 0 Å². The Bertz CT molecular complexity index is 8.00. The van der Waals surface area contributed by atoms with Crippen LogP contribution in [0.1, 0.15) is 0 Å². The van der Waals surface area contributed by atoms with Crippen LogP contribution in [0.25, 0.3) is 0 Å². The van der Waals surface area contributed by atoms with Gasteiger partial charge in [-0.1, -0.05) is 0 Å². The molecule has 4 heavy (non-hydrogen) atoms. The fourth-order valence-corrected chi connectivity index (χ4v) is 0. The van der Waals surface area contributed by atoms with Gasteiger partial charge in [0.15, 0.2) is 0 Å². The van der Waals surface area contributed by atoms with Gasteiger partial charge in [-0.05, 0) is 0 Å². The summed E-state index contributed by atoms with van der Waals surface area (Å²) in [6.07, 6.45) is 0. The summed E-state index contributed by atoms with van der Waals surface area (Å²) in [5.41, 5.74) is 0. The maximum Gasteiger partial charge on any atom is 0 e. The van der Waals surface area contributed by atoms with Crippen LogP contribution >= 0.6 is 0 Å². The number of hydrogen-bond donors (Lipinski definition) is 0. The van der Waals surface area contributed by atoms with Crippen molar-refractivity contribution in [1.29, 1.82) is 0 Å². The van der Waals surface area contributed by atoms with E-state index in [1.165, 1.54) is 0 Å². The molecule has 0 nitrogen and oxygen atoms in total. The summed E-state index contributed by atoms with van der Waals surface area (Å²) in [5.74, 6) is 0. The molecule has 0 atom stereocenters. The Morgan fingerprint density at radius 2 is 1.00 bits per heavy atom. The molecular formula is HfNiReTi. The summed E-state index contributed by atoms with van der Waals surface area (Å²) in [5, 5.41) is 0. The Kier molecular flexibility index (Phi) is 127. The molecule has 0 aromatic carbocycles. The van der Waals surface area contributed by atoms with Crippen LogP contribution in [0.15, 0.2) is 0 Å². The average molecular weight is 471 g/mol. The standard InChI is InChI=1S/Hf.Ni.Re.Ti. The van der Waals surface area contributed by atoms with Gasteiger partial charge < -0.3 is 0 Å². The van der Waals surface area contributed by atoms with Gasteiger partial charge in [-0.25, -0.2) is 0 Å². The first-order valence-electron chi connectivity index (χ1n) is 0. The largest absolute Gasteiger partial charge is 0 e. The van der Waals surface area contributed by atoms with Crippen molar-refractivity contribution >= 4 is 0 Å². The topological polar surface area (TPSA) is 0 Å². The third-order valence-corrected chi connectivity index (χ3v) is 0. The van der Waals surface area contributed by atoms with E-state index >= 15 is 0 Å². The zero-order valence-corrected chi connectivity index (χ0v) is 10.6. The molecule has 0 saturated heterocycles. The van der Waals surface area contributed by atoms with Crippen LogP contribution in [0.2, 0.25) is 0 Å². The van der Waals surface area contributed by atoms with E-state index in [4.69, 9.17) is 0 Å². The molecule has 0 spiro atoms. The predicted octanol–water partition coefficient (Wildman–Crippen LogP) is -0.0100. The normalized spacial score (nSPS) is 0. The number of rotatable bonds is 0. The zero-order chi connectivity index (χ0) is 0. The van der Waals surface area contributed by atoms with Crippen LogP contribution in [-0.2, 0) is 84.5 Å². The molecule has 0 unspecified atom stereocenters. The van der Waals surface area contributed by atoms with Crippen molar-refractivity contribution < 1.29 is 84.5 Å². The second-order valence-corrected chi connectivity index (χ2v) is 0. The molecule has 0 heterocycles. The maximum atomic E-state index is 0. The molecule has 0 bridgehead atoms. The fourth-order valence-electron chi connectivity index (χ4n) is 0. The molecule has 0 aromatic rings. The first-order chi connectivity index (χ1) is 0. The second-order valence-electron chi connectivity index (χ2n) is 0. The van der Waals surface area contributed by atoms with E-state index in [0.29, 0.717) is 0 Å². The minimum atomic E-state index is 0. The van der Waals surface area contributed by atoms with Crippen molar-refractivity contribution in [3.63, 3.8) is 0 Å². The smallest absolute Gasteiger partial charge is 0 e. The molecule has 0 fully saturated rings. The van der Waals surface area contributed by atoms with Gasteiger partial charge in [-0.15, -0.1) is 0 Å². The summed E-state index contributed by atoms with van der Waals surface area (Å²) in [6, 6.07) is 0. The first kappa shape index (κ1) is 29.6. The number of hydrogen-bond acceptors (Lipinski definition) is 0. The van der Waals surface area contributed by atoms with Gasteiger partial charge in [0.25, 0.3) is 0 Å². The van der Waals surface area contributed by atoms with Crippen LogP contribution in [0.4, 0.5) is 0 Å². The molecule has 0 saturated carbocycles. The van der Waals surface area contributed by atoms with Crippen molar-refractivity contribution in [1.82, 2.24) is 0 Å². The van der Waals surface area contributed by atoms with E-state index in [2.05, 4.69) is 0 Å². The van der Waals surface area contributed by atoms with Crippen molar-refractivity contribution in [2.45, 2.75) is 0 Å². The summed E-state index contributed by atoms with van der Waals surface area (Å²) in [6.45, 7) is 0. The van der Waals surface area contributed by atoms with Crippen molar-refractivity contribution in [3.8, 4) is 0 Å². The SMILES string of the molecule is [Hf].[Ni].[Re].[Ti]. The minimum Gasteiger partial charge on any atom is 0 e. The zero-order valence-electron chi connectivity index (χ0n) is 1.69. The van der Waals surface area contributed by atoms with Crippen molar-refractivity contribution in [3.05, 3.63) is 0 Å². The Labute approximate surface area is 83.1 Å². The molecule has 0 amide bonds. The summed E-state index contributed by atoms with van der Waals surface area (Å²) < 4.78 is 0. The fraction of sp³-hybridized carbons (Fsp3) is 0. The molecule has 0 N–H and O–H groups in total. The van der Waals surface area contributed by atoms with Gasteiger partial charge >= 0.3 is 0 Å². The molecule has 0 aromatic heterocycles. The molecule has 4 heteroatoms. The van der Waals surface area contributed by atoms with E-state index in [1.54, 1.807) is 0 Å². The Balaban J connectivity index is 0. The first-order valence-corrected chi connectivity index (χ1v) is 0. The van der Waals surface area contributed by atoms with Gasteiger partial charge in [-0.2, -0.15) is 0 Å². The van der Waals surface area contributed by atoms with Gasteiger partial charge in [0.1, 0.15) is 0 Å². The van der Waals surface area contributed by atoms with Gasteiger partial charge in [0.05, 0.1) is 0 Å². The summed E-state index contributed by atoms with van der Waals surface area (Å²) in [4.78, 5) is 0. The van der Waals surface area contributed by atoms with Crippen LogP contribution in [0.5, 0.6) is 0 Å². The average Bonchev–Trinajstić information content (AvgIpc) is 0. The molecule has 0 aliphatic carbocycles. The molecule has 1 radical (unpaired) electrons. The quantitative estimate of drug-likeness (QED) is 0.437. The molecule has 25 valence electrons. The Morgan fingerprint density at radius 1 is 1.00 bits per heavy atom. The van der Waals surface area contributed by atoms with E-state index in [-0.39, 0.29) is 84.5 Å². The molecular weight excluding hydrogens is 471 g/mol. The molecule has 0 rings (SSSR count). The Hall–Kier alpha value is 2.74. The maximum absolute atomic E-state index is 0. The van der Waals surface area contributed by atoms with Crippen LogP contribution in [0.3, 0.4) is 0 Å². The summed E-state index contributed by atoms with van der Waals surface area (Å²) in [7, 11) is 0. The van der Waals surface area contributed by atoms with Crippen molar-refractivity contribution in [2.75, 3.05) is 0 Å². The van der Waals surface area contributed by atoms with Crippen LogP contribution in [0, 0.1) is 0 Å².